The number of benzene rings is 1. The summed E-state index contributed by atoms with van der Waals surface area (Å²) < 4.78 is 27.2. The molecule has 0 unspecified atom stereocenters. The number of hydrogen-bond donors (Lipinski definition) is 1. The van der Waals surface area contributed by atoms with E-state index < -0.39 is 17.5 Å². The molecule has 0 bridgehead atoms. The van der Waals surface area contributed by atoms with Crippen LogP contribution in [-0.2, 0) is 6.54 Å². The third-order valence-corrected chi connectivity index (χ3v) is 3.94. The fraction of sp³-hybridized carbons (Fsp3) is 0.0833. The van der Waals surface area contributed by atoms with Gasteiger partial charge in [-0.25, -0.2) is 8.78 Å². The molecule has 1 amide bonds. The van der Waals surface area contributed by atoms with E-state index in [1.54, 1.807) is 0 Å². The standard InChI is InChI=1S/C12H8BrF2NOS/c13-7-4-8(18-6-7)5-16-12(17)9-2-1-3-10(14)11(9)15/h1-4,6H,5H2,(H,16,17). The van der Waals surface area contributed by atoms with Gasteiger partial charge in [0, 0.05) is 14.7 Å². The van der Waals surface area contributed by atoms with E-state index in [1.807, 2.05) is 11.4 Å². The maximum atomic E-state index is 13.3. The highest BCUT2D eigenvalue weighted by Crippen LogP contribution is 2.19. The summed E-state index contributed by atoms with van der Waals surface area (Å²) in [5, 5.41) is 4.42. The van der Waals surface area contributed by atoms with Crippen LogP contribution < -0.4 is 5.32 Å². The highest BCUT2D eigenvalue weighted by molar-refractivity contribution is 9.10. The molecule has 1 heterocycles. The van der Waals surface area contributed by atoms with E-state index in [4.69, 9.17) is 0 Å². The lowest BCUT2D eigenvalue weighted by Gasteiger charge is -2.05. The van der Waals surface area contributed by atoms with Crippen molar-refractivity contribution in [3.05, 3.63) is 56.2 Å². The third-order valence-electron chi connectivity index (χ3n) is 2.24. The van der Waals surface area contributed by atoms with E-state index >= 15 is 0 Å². The van der Waals surface area contributed by atoms with Crippen LogP contribution in [0, 0.1) is 11.6 Å². The smallest absolute Gasteiger partial charge is 0.254 e. The molecule has 0 aliphatic rings. The average Bonchev–Trinajstić information content (AvgIpc) is 2.76. The average molecular weight is 332 g/mol. The zero-order valence-corrected chi connectivity index (χ0v) is 11.4. The number of thiophene rings is 1. The van der Waals surface area contributed by atoms with Crippen LogP contribution in [0.4, 0.5) is 8.78 Å². The molecular formula is C12H8BrF2NOS. The fourth-order valence-electron chi connectivity index (χ4n) is 1.39. The Kier molecular flexibility index (Phi) is 4.08. The minimum Gasteiger partial charge on any atom is -0.347 e. The quantitative estimate of drug-likeness (QED) is 0.912. The monoisotopic (exact) mass is 331 g/mol. The molecule has 0 saturated carbocycles. The molecule has 0 spiro atoms. The predicted molar refractivity (Wildman–Crippen MR) is 69.5 cm³/mol. The molecule has 0 radical (unpaired) electrons. The third kappa shape index (κ3) is 2.94. The predicted octanol–water partition coefficient (Wildman–Crippen LogP) is 3.72. The molecule has 6 heteroatoms. The summed E-state index contributed by atoms with van der Waals surface area (Å²) >= 11 is 4.76. The zero-order chi connectivity index (χ0) is 13.1. The second-order valence-corrected chi connectivity index (χ2v) is 5.43. The Bertz CT molecular complexity index is 585. The normalized spacial score (nSPS) is 10.4. The fourth-order valence-corrected chi connectivity index (χ4v) is 2.78. The number of carbonyl (C=O) groups excluding carboxylic acids is 1. The van der Waals surface area contributed by atoms with Crippen LogP contribution in [0.5, 0.6) is 0 Å². The van der Waals surface area contributed by atoms with E-state index in [0.29, 0.717) is 0 Å². The Morgan fingerprint density at radius 2 is 2.17 bits per heavy atom. The van der Waals surface area contributed by atoms with Gasteiger partial charge in [-0.15, -0.1) is 11.3 Å². The largest absolute Gasteiger partial charge is 0.347 e. The molecule has 1 aromatic heterocycles. The van der Waals surface area contributed by atoms with Crippen molar-refractivity contribution in [3.8, 4) is 0 Å². The second-order valence-electron chi connectivity index (χ2n) is 3.52. The molecule has 2 nitrogen and oxygen atoms in total. The van der Waals surface area contributed by atoms with Crippen molar-refractivity contribution in [2.45, 2.75) is 6.54 Å². The Balaban J connectivity index is 2.06. The molecule has 2 rings (SSSR count). The summed E-state index contributed by atoms with van der Waals surface area (Å²) in [5.74, 6) is -2.78. The first kappa shape index (κ1) is 13.2. The molecule has 0 atom stereocenters. The van der Waals surface area contributed by atoms with Crippen molar-refractivity contribution < 1.29 is 13.6 Å². The van der Waals surface area contributed by atoms with E-state index in [1.165, 1.54) is 23.5 Å². The molecule has 0 aliphatic heterocycles. The molecule has 0 aliphatic carbocycles. The molecule has 0 fully saturated rings. The SMILES string of the molecule is O=C(NCc1cc(Br)cs1)c1cccc(F)c1F. The molecule has 18 heavy (non-hydrogen) atoms. The Labute approximate surface area is 115 Å². The number of carbonyl (C=O) groups is 1. The number of rotatable bonds is 3. The van der Waals surface area contributed by atoms with Crippen molar-refractivity contribution >= 4 is 33.2 Å². The van der Waals surface area contributed by atoms with Crippen LogP contribution in [0.25, 0.3) is 0 Å². The van der Waals surface area contributed by atoms with Crippen molar-refractivity contribution in [2.75, 3.05) is 0 Å². The summed E-state index contributed by atoms with van der Waals surface area (Å²) in [6, 6.07) is 5.38. The van der Waals surface area contributed by atoms with Gasteiger partial charge in [0.15, 0.2) is 11.6 Å². The van der Waals surface area contributed by atoms with E-state index in [-0.39, 0.29) is 12.1 Å². The topological polar surface area (TPSA) is 29.1 Å². The van der Waals surface area contributed by atoms with Crippen LogP contribution >= 0.6 is 27.3 Å². The van der Waals surface area contributed by atoms with Gasteiger partial charge in [-0.2, -0.15) is 0 Å². The van der Waals surface area contributed by atoms with Crippen LogP contribution in [0.3, 0.4) is 0 Å². The first-order valence-corrected chi connectivity index (χ1v) is 6.70. The van der Waals surface area contributed by atoms with Gasteiger partial charge < -0.3 is 5.32 Å². The van der Waals surface area contributed by atoms with Crippen LogP contribution in [0.15, 0.2) is 34.1 Å². The first-order chi connectivity index (χ1) is 8.58. The lowest BCUT2D eigenvalue weighted by Crippen LogP contribution is -2.23. The lowest BCUT2D eigenvalue weighted by atomic mass is 10.2. The van der Waals surface area contributed by atoms with Gasteiger partial charge >= 0.3 is 0 Å². The molecule has 1 aromatic carbocycles. The highest BCUT2D eigenvalue weighted by atomic mass is 79.9. The van der Waals surface area contributed by atoms with Crippen molar-refractivity contribution in [1.29, 1.82) is 0 Å². The summed E-state index contributed by atoms with van der Waals surface area (Å²) in [4.78, 5) is 12.6. The lowest BCUT2D eigenvalue weighted by molar-refractivity contribution is 0.0946. The van der Waals surface area contributed by atoms with Crippen molar-refractivity contribution in [2.24, 2.45) is 0 Å². The molecule has 1 N–H and O–H groups in total. The first-order valence-electron chi connectivity index (χ1n) is 5.03. The second kappa shape index (κ2) is 5.58. The Morgan fingerprint density at radius 1 is 1.39 bits per heavy atom. The van der Waals surface area contributed by atoms with Gasteiger partial charge in [0.2, 0.25) is 0 Å². The summed E-state index contributed by atoms with van der Waals surface area (Å²) in [5.41, 5.74) is -0.286. The van der Waals surface area contributed by atoms with Crippen molar-refractivity contribution in [3.63, 3.8) is 0 Å². The minimum absolute atomic E-state index is 0.283. The van der Waals surface area contributed by atoms with Gasteiger partial charge in [0.1, 0.15) is 0 Å². The minimum atomic E-state index is -1.12. The molecule has 0 saturated heterocycles. The van der Waals surface area contributed by atoms with Crippen molar-refractivity contribution in [1.82, 2.24) is 5.32 Å². The Morgan fingerprint density at radius 3 is 2.83 bits per heavy atom. The van der Waals surface area contributed by atoms with Crippen LogP contribution in [-0.4, -0.2) is 5.91 Å². The highest BCUT2D eigenvalue weighted by Gasteiger charge is 2.14. The number of halogens is 3. The van der Waals surface area contributed by atoms with Gasteiger partial charge in [0.25, 0.3) is 5.91 Å². The molecular weight excluding hydrogens is 324 g/mol. The van der Waals surface area contributed by atoms with Crippen LogP contribution in [0.2, 0.25) is 0 Å². The molecule has 2 aromatic rings. The summed E-state index contributed by atoms with van der Waals surface area (Å²) in [6.45, 7) is 0.283. The maximum absolute atomic E-state index is 13.3. The van der Waals surface area contributed by atoms with Crippen LogP contribution in [0.1, 0.15) is 15.2 Å². The van der Waals surface area contributed by atoms with Gasteiger partial charge in [-0.05, 0) is 34.1 Å². The number of amides is 1. The number of hydrogen-bond acceptors (Lipinski definition) is 2. The zero-order valence-electron chi connectivity index (χ0n) is 9.04. The van der Waals surface area contributed by atoms with Gasteiger partial charge in [-0.1, -0.05) is 6.07 Å². The Hall–Kier alpha value is -1.27. The summed E-state index contributed by atoms with van der Waals surface area (Å²) in [7, 11) is 0. The van der Waals surface area contributed by atoms with Gasteiger partial charge in [-0.3, -0.25) is 4.79 Å². The van der Waals surface area contributed by atoms with Gasteiger partial charge in [0.05, 0.1) is 12.1 Å². The van der Waals surface area contributed by atoms with E-state index in [0.717, 1.165) is 15.4 Å². The number of nitrogens with one attached hydrogen (secondary N) is 1. The maximum Gasteiger partial charge on any atom is 0.254 e. The summed E-state index contributed by atoms with van der Waals surface area (Å²) in [6.07, 6.45) is 0. The van der Waals surface area contributed by atoms with E-state index in [2.05, 4.69) is 21.2 Å². The van der Waals surface area contributed by atoms with E-state index in [9.17, 15) is 13.6 Å². The molecule has 94 valence electrons.